The number of aromatic nitrogens is 2. The van der Waals surface area contributed by atoms with Gasteiger partial charge in [0.1, 0.15) is 5.82 Å². The molecule has 4 rings (SSSR count). The van der Waals surface area contributed by atoms with Crippen molar-refractivity contribution >= 4 is 33.6 Å². The van der Waals surface area contributed by atoms with Gasteiger partial charge in [0, 0.05) is 35.0 Å². The van der Waals surface area contributed by atoms with Gasteiger partial charge in [0.25, 0.3) is 5.69 Å². The van der Waals surface area contributed by atoms with Gasteiger partial charge in [0.15, 0.2) is 0 Å². The Kier molecular flexibility index (Phi) is 5.03. The van der Waals surface area contributed by atoms with Crippen LogP contribution in [0.5, 0.6) is 0 Å². The molecule has 0 fully saturated rings. The molecule has 1 aromatic carbocycles. The molecule has 3 aromatic rings. The molecule has 0 unspecified atom stereocenters. The van der Waals surface area contributed by atoms with Gasteiger partial charge in [-0.3, -0.25) is 10.1 Å². The Hall–Kier alpha value is -2.54. The Morgan fingerprint density at radius 2 is 2.07 bits per heavy atom. The topological polar surface area (TPSA) is 81.0 Å². The summed E-state index contributed by atoms with van der Waals surface area (Å²) in [5.41, 5.74) is 2.20. The molecule has 0 aliphatic heterocycles. The lowest BCUT2D eigenvalue weighted by atomic mass is 10.0. The number of hydrogen-bond donors (Lipinski definition) is 1. The van der Waals surface area contributed by atoms with Crippen LogP contribution in [-0.4, -0.2) is 21.4 Å². The fourth-order valence-electron chi connectivity index (χ4n) is 3.64. The van der Waals surface area contributed by atoms with E-state index in [1.165, 1.54) is 40.9 Å². The number of benzene rings is 1. The summed E-state index contributed by atoms with van der Waals surface area (Å²) in [6.45, 7) is 2.62. The second kappa shape index (κ2) is 7.60. The Morgan fingerprint density at radius 3 is 2.89 bits per heavy atom. The monoisotopic (exact) mass is 382 g/mol. The second-order valence-electron chi connectivity index (χ2n) is 6.96. The van der Waals surface area contributed by atoms with E-state index in [-0.39, 0.29) is 10.6 Å². The minimum absolute atomic E-state index is 0.120. The molecule has 1 aliphatic carbocycles. The van der Waals surface area contributed by atoms with Gasteiger partial charge in [0.05, 0.1) is 21.0 Å². The van der Waals surface area contributed by atoms with Crippen LogP contribution < -0.4 is 5.32 Å². The molecule has 0 bridgehead atoms. The predicted molar refractivity (Wildman–Crippen MR) is 109 cm³/mol. The Morgan fingerprint density at radius 1 is 1.22 bits per heavy atom. The lowest BCUT2D eigenvalue weighted by Gasteiger charge is -2.10. The number of fused-ring (bicyclic) bond motifs is 2. The van der Waals surface area contributed by atoms with Crippen LogP contribution in [0.3, 0.4) is 0 Å². The standard InChI is InChI=1S/C20H22N4O2S/c1-13-12-15-14(6-4-8-17(15)24(25)26)20(22-13)21-11-5-10-19-23-16-7-2-3-9-18(16)27-19/h4,6,8,12H,2-3,5,7,9-11H2,1H3,(H,21,22). The number of nitro groups is 1. The van der Waals surface area contributed by atoms with Crippen LogP contribution in [0, 0.1) is 17.0 Å². The van der Waals surface area contributed by atoms with Crippen molar-refractivity contribution < 1.29 is 4.92 Å². The lowest BCUT2D eigenvalue weighted by molar-refractivity contribution is -0.383. The molecule has 0 spiro atoms. The van der Waals surface area contributed by atoms with E-state index in [4.69, 9.17) is 4.98 Å². The number of thiazole rings is 1. The average molecular weight is 382 g/mol. The van der Waals surface area contributed by atoms with Crippen LogP contribution in [0.15, 0.2) is 24.3 Å². The fraction of sp³-hybridized carbons (Fsp3) is 0.400. The maximum Gasteiger partial charge on any atom is 0.277 e. The van der Waals surface area contributed by atoms with Crippen LogP contribution in [0.4, 0.5) is 11.5 Å². The largest absolute Gasteiger partial charge is 0.370 e. The van der Waals surface area contributed by atoms with E-state index < -0.39 is 0 Å². The van der Waals surface area contributed by atoms with Crippen molar-refractivity contribution in [3.05, 3.63) is 55.7 Å². The van der Waals surface area contributed by atoms with Crippen LogP contribution in [0.2, 0.25) is 0 Å². The zero-order valence-corrected chi connectivity index (χ0v) is 16.1. The lowest BCUT2D eigenvalue weighted by Crippen LogP contribution is -2.06. The molecule has 140 valence electrons. The van der Waals surface area contributed by atoms with Crippen molar-refractivity contribution in [1.82, 2.24) is 9.97 Å². The average Bonchev–Trinajstić information content (AvgIpc) is 3.07. The van der Waals surface area contributed by atoms with Gasteiger partial charge in [-0.2, -0.15) is 0 Å². The molecular weight excluding hydrogens is 360 g/mol. The molecule has 0 atom stereocenters. The Bertz CT molecular complexity index is 976. The first-order valence-electron chi connectivity index (χ1n) is 9.38. The highest BCUT2D eigenvalue weighted by atomic mass is 32.1. The van der Waals surface area contributed by atoms with Gasteiger partial charge in [0.2, 0.25) is 0 Å². The number of nitrogens with one attached hydrogen (secondary N) is 1. The fourth-order valence-corrected chi connectivity index (χ4v) is 4.84. The SMILES string of the molecule is Cc1cc2c([N+](=O)[O-])cccc2c(NCCCc2nc3c(s2)CCCC3)n1. The van der Waals surface area contributed by atoms with Crippen molar-refractivity contribution in [1.29, 1.82) is 0 Å². The molecular formula is C20H22N4O2S. The third kappa shape index (κ3) is 3.78. The molecule has 0 saturated heterocycles. The highest BCUT2D eigenvalue weighted by Crippen LogP contribution is 2.30. The molecule has 27 heavy (non-hydrogen) atoms. The summed E-state index contributed by atoms with van der Waals surface area (Å²) in [5, 5.41) is 17.3. The Balaban J connectivity index is 1.45. The van der Waals surface area contributed by atoms with E-state index in [0.717, 1.165) is 36.9 Å². The van der Waals surface area contributed by atoms with Gasteiger partial charge in [-0.15, -0.1) is 11.3 Å². The van der Waals surface area contributed by atoms with Gasteiger partial charge in [-0.25, -0.2) is 9.97 Å². The summed E-state index contributed by atoms with van der Waals surface area (Å²) in [4.78, 5) is 21.8. The maximum atomic E-state index is 11.3. The number of aryl methyl sites for hydroxylation is 4. The van der Waals surface area contributed by atoms with E-state index >= 15 is 0 Å². The van der Waals surface area contributed by atoms with Crippen molar-refractivity contribution in [3.63, 3.8) is 0 Å². The van der Waals surface area contributed by atoms with Crippen LogP contribution in [-0.2, 0) is 19.3 Å². The summed E-state index contributed by atoms with van der Waals surface area (Å²) in [5.74, 6) is 0.715. The minimum atomic E-state index is -0.338. The molecule has 7 heteroatoms. The second-order valence-corrected chi connectivity index (χ2v) is 8.12. The van der Waals surface area contributed by atoms with E-state index in [0.29, 0.717) is 11.2 Å². The number of anilines is 1. The number of non-ortho nitro benzene ring substituents is 1. The normalized spacial score (nSPS) is 13.5. The minimum Gasteiger partial charge on any atom is -0.370 e. The summed E-state index contributed by atoms with van der Waals surface area (Å²) < 4.78 is 0. The maximum absolute atomic E-state index is 11.3. The van der Waals surface area contributed by atoms with Gasteiger partial charge in [-0.05, 0) is 45.1 Å². The molecule has 1 N–H and O–H groups in total. The quantitative estimate of drug-likeness (QED) is 0.375. The third-order valence-corrected chi connectivity index (χ3v) is 6.14. The number of nitrogens with zero attached hydrogens (tertiary/aromatic N) is 3. The molecule has 0 amide bonds. The summed E-state index contributed by atoms with van der Waals surface area (Å²) >= 11 is 1.86. The van der Waals surface area contributed by atoms with Gasteiger partial charge in [-0.1, -0.05) is 12.1 Å². The molecule has 1 aliphatic rings. The first kappa shape index (κ1) is 17.9. The predicted octanol–water partition coefficient (Wildman–Crippen LogP) is 4.83. The molecule has 6 nitrogen and oxygen atoms in total. The first-order chi connectivity index (χ1) is 13.1. The van der Waals surface area contributed by atoms with Gasteiger partial charge < -0.3 is 5.32 Å². The van der Waals surface area contributed by atoms with Crippen LogP contribution >= 0.6 is 11.3 Å². The molecule has 2 aromatic heterocycles. The summed E-state index contributed by atoms with van der Waals surface area (Å²) in [7, 11) is 0. The summed E-state index contributed by atoms with van der Waals surface area (Å²) in [6, 6.07) is 6.91. The Labute approximate surface area is 161 Å². The molecule has 2 heterocycles. The van der Waals surface area contributed by atoms with Crippen LogP contribution in [0.25, 0.3) is 10.8 Å². The van der Waals surface area contributed by atoms with Crippen molar-refractivity contribution in [2.75, 3.05) is 11.9 Å². The van der Waals surface area contributed by atoms with Crippen molar-refractivity contribution in [2.45, 2.75) is 45.4 Å². The smallest absolute Gasteiger partial charge is 0.277 e. The third-order valence-electron chi connectivity index (χ3n) is 4.93. The number of rotatable bonds is 6. The first-order valence-corrected chi connectivity index (χ1v) is 10.2. The van der Waals surface area contributed by atoms with E-state index in [1.807, 2.05) is 24.3 Å². The van der Waals surface area contributed by atoms with E-state index in [1.54, 1.807) is 12.1 Å². The highest BCUT2D eigenvalue weighted by Gasteiger charge is 2.16. The zero-order chi connectivity index (χ0) is 18.8. The van der Waals surface area contributed by atoms with E-state index in [9.17, 15) is 10.1 Å². The number of hydrogen-bond acceptors (Lipinski definition) is 6. The van der Waals surface area contributed by atoms with Crippen molar-refractivity contribution in [2.24, 2.45) is 0 Å². The number of pyridine rings is 1. The zero-order valence-electron chi connectivity index (χ0n) is 15.3. The van der Waals surface area contributed by atoms with Crippen LogP contribution in [0.1, 0.15) is 40.5 Å². The van der Waals surface area contributed by atoms with E-state index in [2.05, 4.69) is 10.3 Å². The summed E-state index contributed by atoms with van der Waals surface area (Å²) in [6.07, 6.45) is 6.77. The number of nitro benzene ring substituents is 1. The highest BCUT2D eigenvalue weighted by molar-refractivity contribution is 7.11. The van der Waals surface area contributed by atoms with Crippen molar-refractivity contribution in [3.8, 4) is 0 Å². The molecule has 0 radical (unpaired) electrons. The van der Waals surface area contributed by atoms with Gasteiger partial charge >= 0.3 is 0 Å². The molecule has 0 saturated carbocycles.